The van der Waals surface area contributed by atoms with Crippen molar-refractivity contribution in [1.29, 1.82) is 0 Å². The highest BCUT2D eigenvalue weighted by molar-refractivity contribution is 5.91. The van der Waals surface area contributed by atoms with E-state index in [9.17, 15) is 0 Å². The fourth-order valence-corrected chi connectivity index (χ4v) is 2.88. The Bertz CT molecular complexity index is 641. The van der Waals surface area contributed by atoms with Crippen molar-refractivity contribution in [1.82, 2.24) is 9.97 Å². The first kappa shape index (κ1) is 13.1. The third-order valence-corrected chi connectivity index (χ3v) is 4.43. The molecule has 2 atom stereocenters. The van der Waals surface area contributed by atoms with E-state index >= 15 is 0 Å². The van der Waals surface area contributed by atoms with Gasteiger partial charge in [0.15, 0.2) is 0 Å². The largest absolute Gasteiger partial charge is 0.399 e. The molecule has 0 radical (unpaired) electrons. The number of anilines is 2. The highest BCUT2D eigenvalue weighted by Gasteiger charge is 2.48. The summed E-state index contributed by atoms with van der Waals surface area (Å²) in [6.07, 6.45) is 2.86. The smallest absolute Gasteiger partial charge is 0.137 e. The number of nitrogens with zero attached hydrogens (tertiary/aromatic N) is 2. The van der Waals surface area contributed by atoms with Gasteiger partial charge in [0.2, 0.25) is 0 Å². The molecule has 1 aromatic heterocycles. The van der Waals surface area contributed by atoms with Crippen molar-refractivity contribution < 1.29 is 4.74 Å². The van der Waals surface area contributed by atoms with Crippen LogP contribution < -0.4 is 11.1 Å². The van der Waals surface area contributed by atoms with E-state index in [0.717, 1.165) is 28.8 Å². The van der Waals surface area contributed by atoms with Crippen molar-refractivity contribution in [2.75, 3.05) is 18.2 Å². The van der Waals surface area contributed by atoms with Gasteiger partial charge in [0.05, 0.1) is 11.6 Å². The number of rotatable bonds is 3. The predicted molar refractivity (Wildman–Crippen MR) is 80.6 cm³/mol. The van der Waals surface area contributed by atoms with Crippen LogP contribution in [-0.4, -0.2) is 29.2 Å². The molecular formula is C15H20N4O. The Kier molecular flexibility index (Phi) is 3.01. The highest BCUT2D eigenvalue weighted by atomic mass is 16.5. The van der Waals surface area contributed by atoms with Crippen molar-refractivity contribution in [3.63, 3.8) is 0 Å². The summed E-state index contributed by atoms with van der Waals surface area (Å²) >= 11 is 0. The maximum Gasteiger partial charge on any atom is 0.137 e. The average molecular weight is 272 g/mol. The normalized spacial score (nSPS) is 24.4. The van der Waals surface area contributed by atoms with Crippen LogP contribution in [-0.2, 0) is 4.74 Å². The van der Waals surface area contributed by atoms with Gasteiger partial charge in [0.25, 0.3) is 0 Å². The number of benzene rings is 1. The van der Waals surface area contributed by atoms with Crippen LogP contribution in [0.5, 0.6) is 0 Å². The first-order valence-electron chi connectivity index (χ1n) is 6.82. The van der Waals surface area contributed by atoms with E-state index in [4.69, 9.17) is 10.5 Å². The minimum atomic E-state index is 0.0896. The summed E-state index contributed by atoms with van der Waals surface area (Å²) in [7, 11) is 1.77. The van der Waals surface area contributed by atoms with E-state index < -0.39 is 0 Å². The van der Waals surface area contributed by atoms with Crippen molar-refractivity contribution in [3.05, 3.63) is 24.5 Å². The second kappa shape index (κ2) is 4.59. The molecule has 3 N–H and O–H groups in total. The first-order valence-corrected chi connectivity index (χ1v) is 6.82. The van der Waals surface area contributed by atoms with Crippen molar-refractivity contribution >= 4 is 22.4 Å². The van der Waals surface area contributed by atoms with Crippen LogP contribution in [0.15, 0.2) is 24.5 Å². The number of fused-ring (bicyclic) bond motifs is 1. The zero-order valence-electron chi connectivity index (χ0n) is 12.1. The monoisotopic (exact) mass is 272 g/mol. The van der Waals surface area contributed by atoms with Gasteiger partial charge in [0.1, 0.15) is 12.1 Å². The molecule has 1 saturated carbocycles. The van der Waals surface area contributed by atoms with Gasteiger partial charge in [-0.25, -0.2) is 9.97 Å². The number of hydrogen-bond acceptors (Lipinski definition) is 5. The SMILES string of the molecule is COC1CC(Nc2ncnc3ccc(N)cc23)C1(C)C. The molecule has 0 aliphatic heterocycles. The Hall–Kier alpha value is -1.88. The topological polar surface area (TPSA) is 73.1 Å². The molecule has 106 valence electrons. The molecule has 20 heavy (non-hydrogen) atoms. The van der Waals surface area contributed by atoms with Gasteiger partial charge in [-0.1, -0.05) is 13.8 Å². The molecule has 2 aromatic rings. The van der Waals surface area contributed by atoms with E-state index in [1.807, 2.05) is 18.2 Å². The number of aromatic nitrogens is 2. The first-order chi connectivity index (χ1) is 9.52. The lowest BCUT2D eigenvalue weighted by molar-refractivity contribution is -0.0795. The molecule has 1 aliphatic carbocycles. The maximum absolute atomic E-state index is 5.86. The molecule has 0 amide bonds. The molecule has 1 fully saturated rings. The summed E-state index contributed by atoms with van der Waals surface area (Å²) in [5.41, 5.74) is 7.57. The van der Waals surface area contributed by atoms with E-state index in [1.165, 1.54) is 0 Å². The van der Waals surface area contributed by atoms with Gasteiger partial charge in [0, 0.05) is 29.6 Å². The van der Waals surface area contributed by atoms with Gasteiger partial charge in [-0.2, -0.15) is 0 Å². The number of methoxy groups -OCH3 is 1. The zero-order valence-corrected chi connectivity index (χ0v) is 12.1. The van der Waals surface area contributed by atoms with E-state index in [0.29, 0.717) is 6.04 Å². The highest BCUT2D eigenvalue weighted by Crippen LogP contribution is 2.44. The van der Waals surface area contributed by atoms with Crippen LogP contribution in [0.4, 0.5) is 11.5 Å². The summed E-state index contributed by atoms with van der Waals surface area (Å²) in [6, 6.07) is 6.03. The minimum Gasteiger partial charge on any atom is -0.399 e. The predicted octanol–water partition coefficient (Wildman–Crippen LogP) is 2.44. The van der Waals surface area contributed by atoms with Crippen LogP contribution in [0, 0.1) is 5.41 Å². The molecule has 0 saturated heterocycles. The Balaban J connectivity index is 1.91. The number of nitrogens with two attached hydrogens (primary N) is 1. The third kappa shape index (κ3) is 1.98. The maximum atomic E-state index is 5.86. The zero-order chi connectivity index (χ0) is 14.3. The van der Waals surface area contributed by atoms with Gasteiger partial charge >= 0.3 is 0 Å². The van der Waals surface area contributed by atoms with Crippen LogP contribution in [0.3, 0.4) is 0 Å². The fraction of sp³-hybridized carbons (Fsp3) is 0.467. The van der Waals surface area contributed by atoms with E-state index in [1.54, 1.807) is 13.4 Å². The molecule has 0 bridgehead atoms. The van der Waals surface area contributed by atoms with Gasteiger partial charge in [-0.05, 0) is 24.6 Å². The Morgan fingerprint density at radius 2 is 2.15 bits per heavy atom. The lowest BCUT2D eigenvalue weighted by Gasteiger charge is -2.51. The summed E-state index contributed by atoms with van der Waals surface area (Å²) in [6.45, 7) is 4.42. The molecule has 5 heteroatoms. The molecular weight excluding hydrogens is 252 g/mol. The fourth-order valence-electron chi connectivity index (χ4n) is 2.88. The lowest BCUT2D eigenvalue weighted by Crippen LogP contribution is -2.57. The van der Waals surface area contributed by atoms with Gasteiger partial charge in [-0.15, -0.1) is 0 Å². The van der Waals surface area contributed by atoms with Crippen molar-refractivity contribution in [3.8, 4) is 0 Å². The summed E-state index contributed by atoms with van der Waals surface area (Å²) in [5, 5.41) is 4.48. The molecule has 5 nitrogen and oxygen atoms in total. The Morgan fingerprint density at radius 1 is 1.35 bits per heavy atom. The molecule has 1 aromatic carbocycles. The quantitative estimate of drug-likeness (QED) is 0.840. The number of hydrogen-bond donors (Lipinski definition) is 2. The Labute approximate surface area is 118 Å². The van der Waals surface area contributed by atoms with Crippen LogP contribution in [0.2, 0.25) is 0 Å². The van der Waals surface area contributed by atoms with Crippen molar-refractivity contribution in [2.45, 2.75) is 32.4 Å². The van der Waals surface area contributed by atoms with Gasteiger partial charge in [-0.3, -0.25) is 0 Å². The van der Waals surface area contributed by atoms with E-state index in [2.05, 4.69) is 29.1 Å². The molecule has 0 spiro atoms. The minimum absolute atomic E-state index is 0.0896. The van der Waals surface area contributed by atoms with Crippen LogP contribution in [0.25, 0.3) is 10.9 Å². The molecule has 2 unspecified atom stereocenters. The number of ether oxygens (including phenoxy) is 1. The molecule has 1 heterocycles. The third-order valence-electron chi connectivity index (χ3n) is 4.43. The van der Waals surface area contributed by atoms with Crippen LogP contribution >= 0.6 is 0 Å². The van der Waals surface area contributed by atoms with Crippen molar-refractivity contribution in [2.24, 2.45) is 5.41 Å². The number of nitrogen functional groups attached to an aromatic ring is 1. The molecule has 1 aliphatic rings. The second-order valence-electron chi connectivity index (χ2n) is 5.98. The molecule has 3 rings (SSSR count). The summed E-state index contributed by atoms with van der Waals surface area (Å²) in [4.78, 5) is 8.64. The average Bonchev–Trinajstić information content (AvgIpc) is 2.43. The summed E-state index contributed by atoms with van der Waals surface area (Å²) < 4.78 is 5.48. The summed E-state index contributed by atoms with van der Waals surface area (Å²) in [5.74, 6) is 0.843. The number of nitrogens with one attached hydrogen (secondary N) is 1. The standard InChI is InChI=1S/C15H20N4O/c1-15(2)12(7-13(15)20-3)19-14-10-6-9(16)4-5-11(10)17-8-18-14/h4-6,8,12-13H,7,16H2,1-3H3,(H,17,18,19). The van der Waals surface area contributed by atoms with Gasteiger partial charge < -0.3 is 15.8 Å². The van der Waals surface area contributed by atoms with E-state index in [-0.39, 0.29) is 11.5 Å². The lowest BCUT2D eigenvalue weighted by atomic mass is 9.64. The Morgan fingerprint density at radius 3 is 2.85 bits per heavy atom. The second-order valence-corrected chi connectivity index (χ2v) is 5.98. The van der Waals surface area contributed by atoms with Crippen LogP contribution in [0.1, 0.15) is 20.3 Å².